The van der Waals surface area contributed by atoms with Gasteiger partial charge in [0.2, 0.25) is 0 Å². The number of benzene rings is 2. The fourth-order valence-corrected chi connectivity index (χ4v) is 4.95. The molecule has 4 rings (SSSR count). The second-order valence-corrected chi connectivity index (χ2v) is 9.89. The summed E-state index contributed by atoms with van der Waals surface area (Å²) in [6.07, 6.45) is 3.17. The number of rotatable bonds is 5. The Labute approximate surface area is 181 Å². The van der Waals surface area contributed by atoms with Gasteiger partial charge in [-0.05, 0) is 43.3 Å². The zero-order valence-electron chi connectivity index (χ0n) is 16.9. The van der Waals surface area contributed by atoms with E-state index in [4.69, 9.17) is 20.3 Å². The van der Waals surface area contributed by atoms with Crippen molar-refractivity contribution in [2.24, 2.45) is 0 Å². The summed E-state index contributed by atoms with van der Waals surface area (Å²) in [5.74, 6) is 1.50. The highest BCUT2D eigenvalue weighted by Crippen LogP contribution is 2.34. The number of oxazole rings is 1. The van der Waals surface area contributed by atoms with E-state index in [9.17, 15) is 8.42 Å². The van der Waals surface area contributed by atoms with E-state index in [0.717, 1.165) is 24.0 Å². The van der Waals surface area contributed by atoms with Gasteiger partial charge in [-0.2, -0.15) is 13.1 Å². The number of hydrogen-bond donors (Lipinski definition) is 0. The number of quaternary nitrogens is 1. The van der Waals surface area contributed by atoms with Crippen molar-refractivity contribution in [1.82, 2.24) is 4.98 Å². The Morgan fingerprint density at radius 3 is 2.33 bits per heavy atom. The molecule has 0 N–H and O–H groups in total. The maximum Gasteiger partial charge on any atom is 0.342 e. The Hall–Kier alpha value is -2.19. The topological polar surface area (TPSA) is 69.4 Å². The van der Waals surface area contributed by atoms with Gasteiger partial charge in [-0.1, -0.05) is 33.6 Å². The minimum Gasteiger partial charge on any atom is -0.440 e. The lowest BCUT2D eigenvalue weighted by Gasteiger charge is -2.35. The molecule has 0 saturated carbocycles. The van der Waals surface area contributed by atoms with Gasteiger partial charge in [-0.15, -0.1) is 0 Å². The van der Waals surface area contributed by atoms with E-state index >= 15 is 0 Å². The summed E-state index contributed by atoms with van der Waals surface area (Å²) < 4.78 is 36.9. The van der Waals surface area contributed by atoms with Crippen molar-refractivity contribution in [3.63, 3.8) is 0 Å². The highest BCUT2D eigenvalue weighted by Gasteiger charge is 2.39. The molecule has 0 amide bonds. The van der Waals surface area contributed by atoms with Crippen molar-refractivity contribution >= 4 is 21.7 Å². The van der Waals surface area contributed by atoms with Gasteiger partial charge < -0.3 is 4.42 Å². The maximum atomic E-state index is 12.7. The van der Waals surface area contributed by atoms with Crippen molar-refractivity contribution in [2.45, 2.75) is 30.6 Å². The summed E-state index contributed by atoms with van der Waals surface area (Å²) in [4.78, 5) is 4.63. The van der Waals surface area contributed by atoms with Gasteiger partial charge in [0.25, 0.3) is 0 Å². The molecule has 8 heteroatoms. The van der Waals surface area contributed by atoms with E-state index in [2.05, 4.69) is 4.98 Å². The van der Waals surface area contributed by atoms with Crippen LogP contribution in [0, 0.1) is 6.92 Å². The van der Waals surface area contributed by atoms with E-state index in [1.54, 1.807) is 37.5 Å². The number of halogens is 1. The molecule has 0 bridgehead atoms. The maximum absolute atomic E-state index is 12.7. The fraction of sp³-hybridized carbons (Fsp3) is 0.318. The summed E-state index contributed by atoms with van der Waals surface area (Å²) in [7, 11) is -2.03. The Morgan fingerprint density at radius 2 is 1.70 bits per heavy atom. The third-order valence-corrected chi connectivity index (χ3v) is 7.15. The third kappa shape index (κ3) is 4.59. The second kappa shape index (κ2) is 8.15. The molecule has 6 nitrogen and oxygen atoms in total. The third-order valence-electron chi connectivity index (χ3n) is 5.49. The number of likely N-dealkylation sites (tertiary alicyclic amines) is 1. The number of piperidine rings is 1. The smallest absolute Gasteiger partial charge is 0.342 e. The van der Waals surface area contributed by atoms with E-state index in [1.807, 2.05) is 31.2 Å². The SMILES string of the molecule is Cc1ccc(S(=O)(=O)O[N+]2(C)CCC(c3ncc(-c4ccc(Cl)cc4)o3)CC2)cc1. The summed E-state index contributed by atoms with van der Waals surface area (Å²) in [5.41, 5.74) is 1.92. The Bertz CT molecular complexity index is 1120. The molecule has 1 aromatic heterocycles. The zero-order valence-corrected chi connectivity index (χ0v) is 18.5. The van der Waals surface area contributed by atoms with Crippen LogP contribution in [0.4, 0.5) is 0 Å². The molecule has 0 radical (unpaired) electrons. The molecule has 2 aromatic carbocycles. The van der Waals surface area contributed by atoms with Crippen LogP contribution in [-0.4, -0.2) is 38.2 Å². The molecule has 0 spiro atoms. The first-order chi connectivity index (χ1) is 14.2. The number of aryl methyl sites for hydroxylation is 1. The largest absolute Gasteiger partial charge is 0.440 e. The minimum absolute atomic E-state index is 0.0114. The summed E-state index contributed by atoms with van der Waals surface area (Å²) in [5, 5.41) is 0.670. The van der Waals surface area contributed by atoms with Crippen molar-refractivity contribution < 1.29 is 21.8 Å². The van der Waals surface area contributed by atoms with Crippen LogP contribution < -0.4 is 0 Å². The molecule has 1 saturated heterocycles. The van der Waals surface area contributed by atoms with E-state index in [-0.39, 0.29) is 15.5 Å². The molecule has 0 aliphatic carbocycles. The number of hydroxylamine groups is 3. The predicted octanol–water partition coefficient (Wildman–Crippen LogP) is 4.95. The minimum atomic E-state index is -3.83. The van der Waals surface area contributed by atoms with Gasteiger partial charge in [0.15, 0.2) is 11.7 Å². The van der Waals surface area contributed by atoms with Crippen molar-refractivity contribution in [1.29, 1.82) is 0 Å². The van der Waals surface area contributed by atoms with Crippen LogP contribution in [0.1, 0.15) is 30.2 Å². The lowest BCUT2D eigenvalue weighted by atomic mass is 9.97. The first-order valence-corrected chi connectivity index (χ1v) is 11.6. The highest BCUT2D eigenvalue weighted by atomic mass is 35.5. The number of hydrogen-bond acceptors (Lipinski definition) is 5. The Morgan fingerprint density at radius 1 is 1.07 bits per heavy atom. The molecule has 2 heterocycles. The molecular formula is C22H24ClN2O4S+. The van der Waals surface area contributed by atoms with Crippen LogP contribution in [0.25, 0.3) is 11.3 Å². The van der Waals surface area contributed by atoms with Crippen molar-refractivity contribution in [3.05, 3.63) is 71.2 Å². The van der Waals surface area contributed by atoms with Crippen molar-refractivity contribution in [2.75, 3.05) is 20.1 Å². The average Bonchev–Trinajstić information content (AvgIpc) is 3.19. The van der Waals surface area contributed by atoms with Gasteiger partial charge in [0, 0.05) is 29.3 Å². The van der Waals surface area contributed by atoms with Crippen LogP contribution in [0.3, 0.4) is 0 Å². The number of aromatic nitrogens is 1. The van der Waals surface area contributed by atoms with Crippen LogP contribution >= 0.6 is 11.6 Å². The van der Waals surface area contributed by atoms with Gasteiger partial charge in [0.1, 0.15) is 20.1 Å². The normalized spacial score (nSPS) is 22.2. The summed E-state index contributed by atoms with van der Waals surface area (Å²) in [6, 6.07) is 14.1. The van der Waals surface area contributed by atoms with Gasteiger partial charge in [-0.3, -0.25) is 0 Å². The van der Waals surface area contributed by atoms with E-state index in [0.29, 0.717) is 29.8 Å². The van der Waals surface area contributed by atoms with E-state index < -0.39 is 10.1 Å². The molecular weight excluding hydrogens is 424 g/mol. The van der Waals surface area contributed by atoms with Crippen LogP contribution in [-0.2, 0) is 14.4 Å². The van der Waals surface area contributed by atoms with Crippen LogP contribution in [0.2, 0.25) is 5.02 Å². The molecule has 1 aliphatic rings. The van der Waals surface area contributed by atoms with Gasteiger partial charge >= 0.3 is 10.1 Å². The van der Waals surface area contributed by atoms with Crippen LogP contribution in [0.5, 0.6) is 0 Å². The van der Waals surface area contributed by atoms with Crippen LogP contribution in [0.15, 0.2) is 64.0 Å². The molecule has 30 heavy (non-hydrogen) atoms. The molecule has 0 atom stereocenters. The van der Waals surface area contributed by atoms with Crippen molar-refractivity contribution in [3.8, 4) is 11.3 Å². The average molecular weight is 448 g/mol. The lowest BCUT2D eigenvalue weighted by molar-refractivity contribution is -1.07. The first-order valence-electron chi connectivity index (χ1n) is 9.83. The standard InChI is InChI=1S/C22H24ClN2O4S/c1-16-3-9-20(10-4-16)30(26,27)29-25(2)13-11-18(12-14-25)22-24-15-21(28-22)17-5-7-19(23)8-6-17/h3-10,15,18H,11-14H2,1-2H3/q+1. The molecule has 158 valence electrons. The molecule has 0 unspecified atom stereocenters. The highest BCUT2D eigenvalue weighted by molar-refractivity contribution is 7.86. The predicted molar refractivity (Wildman–Crippen MR) is 114 cm³/mol. The lowest BCUT2D eigenvalue weighted by Crippen LogP contribution is -2.50. The quantitative estimate of drug-likeness (QED) is 0.517. The molecule has 1 fully saturated rings. The van der Waals surface area contributed by atoms with Gasteiger partial charge in [0.05, 0.1) is 11.1 Å². The second-order valence-electron chi connectivity index (χ2n) is 7.93. The summed E-state index contributed by atoms with van der Waals surface area (Å²) >= 11 is 5.94. The number of nitrogens with zero attached hydrogens (tertiary/aromatic N) is 2. The summed E-state index contributed by atoms with van der Waals surface area (Å²) in [6.45, 7) is 3.01. The Balaban J connectivity index is 1.42. The fourth-order valence-electron chi connectivity index (χ4n) is 3.64. The van der Waals surface area contributed by atoms with E-state index in [1.165, 1.54) is 0 Å². The first kappa shape index (κ1) is 21.1. The molecule has 3 aromatic rings. The van der Waals surface area contributed by atoms with Gasteiger partial charge in [-0.25, -0.2) is 4.98 Å². The molecule has 1 aliphatic heterocycles. The monoisotopic (exact) mass is 447 g/mol. The zero-order chi connectivity index (χ0) is 21.4. The Kier molecular flexibility index (Phi) is 5.72.